The number of nitrogens with zero attached hydrogens (tertiary/aromatic N) is 1. The highest BCUT2D eigenvalue weighted by Gasteiger charge is 2.40. The summed E-state index contributed by atoms with van der Waals surface area (Å²) in [5.74, 6) is -1.16. The molecule has 1 N–H and O–H groups in total. The van der Waals surface area contributed by atoms with Gasteiger partial charge in [-0.3, -0.25) is 0 Å². The van der Waals surface area contributed by atoms with E-state index in [1.807, 2.05) is 97.1 Å². The Labute approximate surface area is 181 Å². The summed E-state index contributed by atoms with van der Waals surface area (Å²) in [6.07, 6.45) is 0. The second kappa shape index (κ2) is 9.09. The predicted octanol–water partition coefficient (Wildman–Crippen LogP) is 5.48. The standard InChI is InChI=1S/C27H21NO3/c29-26(30)25(21-13-5-1-6-14-21)28-31-27(22-15-7-2-8-16-22,23-17-9-3-10-18-23)24-19-11-4-12-20-24/h1-20H,(H,29,30). The van der Waals surface area contributed by atoms with Gasteiger partial charge in [0.2, 0.25) is 5.60 Å². The number of hydrogen-bond donors (Lipinski definition) is 1. The van der Waals surface area contributed by atoms with E-state index < -0.39 is 11.6 Å². The van der Waals surface area contributed by atoms with Crippen LogP contribution >= 0.6 is 0 Å². The molecule has 0 radical (unpaired) electrons. The first-order valence-electron chi connectivity index (χ1n) is 9.93. The summed E-state index contributed by atoms with van der Waals surface area (Å²) in [7, 11) is 0. The summed E-state index contributed by atoms with van der Waals surface area (Å²) < 4.78 is 0. The third-order valence-corrected chi connectivity index (χ3v) is 5.06. The molecule has 0 saturated carbocycles. The Hall–Kier alpha value is -4.18. The van der Waals surface area contributed by atoms with Crippen LogP contribution in [-0.4, -0.2) is 16.8 Å². The fourth-order valence-corrected chi connectivity index (χ4v) is 3.60. The van der Waals surface area contributed by atoms with Crippen LogP contribution in [0.15, 0.2) is 126 Å². The van der Waals surface area contributed by atoms with Crippen LogP contribution in [0.2, 0.25) is 0 Å². The van der Waals surface area contributed by atoms with Crippen LogP contribution in [-0.2, 0) is 15.2 Å². The molecule has 4 heteroatoms. The first-order valence-corrected chi connectivity index (χ1v) is 9.93. The quantitative estimate of drug-likeness (QED) is 0.251. The Morgan fingerprint density at radius 1 is 0.613 bits per heavy atom. The summed E-state index contributed by atoms with van der Waals surface area (Å²) in [6.45, 7) is 0. The topological polar surface area (TPSA) is 58.9 Å². The van der Waals surface area contributed by atoms with Crippen LogP contribution in [0.25, 0.3) is 0 Å². The van der Waals surface area contributed by atoms with Crippen molar-refractivity contribution in [3.8, 4) is 0 Å². The monoisotopic (exact) mass is 407 g/mol. The van der Waals surface area contributed by atoms with Crippen molar-refractivity contribution < 1.29 is 14.7 Å². The average molecular weight is 407 g/mol. The Morgan fingerprint density at radius 2 is 0.968 bits per heavy atom. The van der Waals surface area contributed by atoms with Crippen molar-refractivity contribution in [1.29, 1.82) is 0 Å². The SMILES string of the molecule is O=C(O)C(=NOC(c1ccccc1)(c1ccccc1)c1ccccc1)c1ccccc1. The molecule has 31 heavy (non-hydrogen) atoms. The number of carbonyl (C=O) groups is 1. The maximum atomic E-state index is 12.0. The maximum Gasteiger partial charge on any atom is 0.358 e. The highest BCUT2D eigenvalue weighted by atomic mass is 16.7. The van der Waals surface area contributed by atoms with Gasteiger partial charge in [-0.05, 0) is 0 Å². The molecule has 0 aliphatic carbocycles. The van der Waals surface area contributed by atoms with Crippen molar-refractivity contribution in [3.05, 3.63) is 144 Å². The molecule has 0 spiro atoms. The molecule has 0 amide bonds. The first-order chi connectivity index (χ1) is 15.2. The van der Waals surface area contributed by atoms with Gasteiger partial charge in [0, 0.05) is 22.3 Å². The Bertz CT molecular complexity index is 1060. The maximum absolute atomic E-state index is 12.0. The van der Waals surface area contributed by atoms with Crippen molar-refractivity contribution >= 4 is 11.7 Å². The molecule has 0 unspecified atom stereocenters. The van der Waals surface area contributed by atoms with Crippen molar-refractivity contribution in [1.82, 2.24) is 0 Å². The first kappa shape index (κ1) is 20.1. The second-order valence-corrected chi connectivity index (χ2v) is 6.98. The fraction of sp³-hybridized carbons (Fsp3) is 0.0370. The van der Waals surface area contributed by atoms with Gasteiger partial charge in [0.1, 0.15) is 0 Å². The number of aliphatic carboxylic acids is 1. The molecule has 4 aromatic rings. The van der Waals surface area contributed by atoms with Gasteiger partial charge in [-0.15, -0.1) is 0 Å². The molecule has 0 saturated heterocycles. The molecule has 0 aliphatic heterocycles. The third-order valence-electron chi connectivity index (χ3n) is 5.06. The van der Waals surface area contributed by atoms with Gasteiger partial charge < -0.3 is 9.94 Å². The van der Waals surface area contributed by atoms with Crippen LogP contribution in [0.4, 0.5) is 0 Å². The van der Waals surface area contributed by atoms with Gasteiger partial charge in [-0.2, -0.15) is 0 Å². The summed E-state index contributed by atoms with van der Waals surface area (Å²) in [5.41, 5.74) is 1.71. The number of hydrogen-bond acceptors (Lipinski definition) is 3. The smallest absolute Gasteiger partial charge is 0.358 e. The lowest BCUT2D eigenvalue weighted by Gasteiger charge is -2.33. The predicted molar refractivity (Wildman–Crippen MR) is 121 cm³/mol. The van der Waals surface area contributed by atoms with E-state index in [1.54, 1.807) is 24.3 Å². The molecule has 0 aromatic heterocycles. The van der Waals surface area contributed by atoms with Gasteiger partial charge in [-0.1, -0.05) is 126 Å². The lowest BCUT2D eigenvalue weighted by Crippen LogP contribution is -2.32. The van der Waals surface area contributed by atoms with Gasteiger partial charge in [0.15, 0.2) is 5.71 Å². The van der Waals surface area contributed by atoms with E-state index in [2.05, 4.69) is 5.16 Å². The minimum atomic E-state index is -1.16. The molecule has 0 aliphatic rings. The zero-order valence-corrected chi connectivity index (χ0v) is 16.8. The highest BCUT2D eigenvalue weighted by Crippen LogP contribution is 2.40. The molecule has 152 valence electrons. The van der Waals surface area contributed by atoms with E-state index in [4.69, 9.17) is 4.84 Å². The van der Waals surface area contributed by atoms with Crippen molar-refractivity contribution in [3.63, 3.8) is 0 Å². The molecule has 0 fully saturated rings. The van der Waals surface area contributed by atoms with E-state index in [-0.39, 0.29) is 5.71 Å². The fourth-order valence-electron chi connectivity index (χ4n) is 3.60. The number of rotatable bonds is 7. The highest BCUT2D eigenvalue weighted by molar-refractivity contribution is 6.42. The van der Waals surface area contributed by atoms with Crippen LogP contribution < -0.4 is 0 Å². The normalized spacial score (nSPS) is 11.7. The van der Waals surface area contributed by atoms with E-state index in [9.17, 15) is 9.90 Å². The van der Waals surface area contributed by atoms with E-state index in [1.165, 1.54) is 0 Å². The van der Waals surface area contributed by atoms with Crippen molar-refractivity contribution in [2.45, 2.75) is 5.60 Å². The minimum absolute atomic E-state index is 0.159. The van der Waals surface area contributed by atoms with Gasteiger partial charge in [0.25, 0.3) is 0 Å². The number of benzene rings is 4. The van der Waals surface area contributed by atoms with Crippen molar-refractivity contribution in [2.75, 3.05) is 0 Å². The van der Waals surface area contributed by atoms with Gasteiger partial charge in [-0.25, -0.2) is 4.79 Å². The molecule has 4 nitrogen and oxygen atoms in total. The Balaban J connectivity index is 1.95. The molecule has 0 atom stereocenters. The van der Waals surface area contributed by atoms with Crippen molar-refractivity contribution in [2.24, 2.45) is 5.16 Å². The molecule has 4 aromatic carbocycles. The van der Waals surface area contributed by atoms with Crippen LogP contribution in [0.5, 0.6) is 0 Å². The lowest BCUT2D eigenvalue weighted by atomic mass is 9.80. The molecule has 0 heterocycles. The summed E-state index contributed by atoms with van der Waals surface area (Å²) in [6, 6.07) is 37.9. The zero-order valence-electron chi connectivity index (χ0n) is 16.8. The van der Waals surface area contributed by atoms with Gasteiger partial charge >= 0.3 is 5.97 Å². The number of carboxylic acids is 1. The van der Waals surface area contributed by atoms with Crippen LogP contribution in [0, 0.1) is 0 Å². The molecule has 4 rings (SSSR count). The molecular formula is C27H21NO3. The van der Waals surface area contributed by atoms with E-state index in [0.717, 1.165) is 16.7 Å². The lowest BCUT2D eigenvalue weighted by molar-refractivity contribution is -0.129. The summed E-state index contributed by atoms with van der Waals surface area (Å²) in [5, 5.41) is 14.0. The Kier molecular flexibility index (Phi) is 5.90. The van der Waals surface area contributed by atoms with Crippen LogP contribution in [0.1, 0.15) is 22.3 Å². The van der Waals surface area contributed by atoms with Crippen LogP contribution in [0.3, 0.4) is 0 Å². The number of oxime groups is 1. The molecule has 0 bridgehead atoms. The minimum Gasteiger partial charge on any atom is -0.476 e. The van der Waals surface area contributed by atoms with Gasteiger partial charge in [0.05, 0.1) is 0 Å². The Morgan fingerprint density at radius 3 is 1.32 bits per heavy atom. The number of carboxylic acid groups (broad SMARTS) is 1. The molecular weight excluding hydrogens is 386 g/mol. The van der Waals surface area contributed by atoms with E-state index in [0.29, 0.717) is 5.56 Å². The summed E-state index contributed by atoms with van der Waals surface area (Å²) >= 11 is 0. The largest absolute Gasteiger partial charge is 0.476 e. The summed E-state index contributed by atoms with van der Waals surface area (Å²) in [4.78, 5) is 18.3. The third kappa shape index (κ3) is 4.09. The van der Waals surface area contributed by atoms with E-state index >= 15 is 0 Å². The average Bonchev–Trinajstić information content (AvgIpc) is 2.84. The zero-order chi connectivity index (χ0) is 21.5. The second-order valence-electron chi connectivity index (χ2n) is 6.98.